The predicted octanol–water partition coefficient (Wildman–Crippen LogP) is 1.67. The summed E-state index contributed by atoms with van der Waals surface area (Å²) in [4.78, 5) is 28.0. The van der Waals surface area contributed by atoms with Crippen molar-refractivity contribution in [2.75, 3.05) is 26.2 Å². The summed E-state index contributed by atoms with van der Waals surface area (Å²) in [7, 11) is 0. The lowest BCUT2D eigenvalue weighted by Gasteiger charge is -2.21. The highest BCUT2D eigenvalue weighted by molar-refractivity contribution is 6.30. The lowest BCUT2D eigenvalue weighted by molar-refractivity contribution is 0.100. The molecule has 2 atom stereocenters. The van der Waals surface area contributed by atoms with Crippen molar-refractivity contribution in [3.8, 4) is 0 Å². The highest BCUT2D eigenvalue weighted by Gasteiger charge is 2.41. The van der Waals surface area contributed by atoms with Gasteiger partial charge in [-0.05, 0) is 29.5 Å². The summed E-state index contributed by atoms with van der Waals surface area (Å²) in [6, 6.07) is 7.74. The molecule has 7 nitrogen and oxygen atoms in total. The van der Waals surface area contributed by atoms with E-state index >= 15 is 0 Å². The fraction of sp³-hybridized carbons (Fsp3) is 0.389. The fourth-order valence-corrected chi connectivity index (χ4v) is 4.05. The van der Waals surface area contributed by atoms with Gasteiger partial charge in [-0.25, -0.2) is 4.79 Å². The van der Waals surface area contributed by atoms with E-state index in [1.807, 2.05) is 17.0 Å². The molecule has 2 unspecified atom stereocenters. The van der Waals surface area contributed by atoms with Gasteiger partial charge in [0.05, 0.1) is 11.8 Å². The van der Waals surface area contributed by atoms with E-state index in [9.17, 15) is 9.59 Å². The molecule has 2 amide bonds. The number of primary amides is 1. The van der Waals surface area contributed by atoms with E-state index in [4.69, 9.17) is 17.3 Å². The molecule has 2 saturated heterocycles. The monoisotopic (exact) mass is 373 g/mol. The zero-order chi connectivity index (χ0) is 18.3. The number of fused-ring (bicyclic) bond motifs is 1. The second kappa shape index (κ2) is 6.74. The SMILES string of the molecule is NC(=O)c1cnn(C(=O)N2CC3CN(Cc4ccc(Cl)cc4)CC3C2)c1. The molecule has 2 aliphatic rings. The van der Waals surface area contributed by atoms with Crippen molar-refractivity contribution in [3.05, 3.63) is 52.8 Å². The first-order chi connectivity index (χ1) is 12.5. The predicted molar refractivity (Wildman–Crippen MR) is 96.8 cm³/mol. The number of nitrogens with two attached hydrogens (primary N) is 1. The Balaban J connectivity index is 1.34. The molecule has 2 fully saturated rings. The third-order valence-corrected chi connectivity index (χ3v) is 5.47. The van der Waals surface area contributed by atoms with E-state index in [2.05, 4.69) is 22.1 Å². The van der Waals surface area contributed by atoms with E-state index in [1.54, 1.807) is 0 Å². The van der Waals surface area contributed by atoms with Crippen LogP contribution in [-0.4, -0.2) is 57.7 Å². The van der Waals surface area contributed by atoms with Gasteiger partial charge in [-0.15, -0.1) is 0 Å². The number of likely N-dealkylation sites (tertiary alicyclic amines) is 2. The van der Waals surface area contributed by atoms with Gasteiger partial charge in [0.25, 0.3) is 5.91 Å². The van der Waals surface area contributed by atoms with Gasteiger partial charge in [-0.2, -0.15) is 9.78 Å². The molecule has 2 aromatic rings. The Morgan fingerprint density at radius 1 is 1.12 bits per heavy atom. The van der Waals surface area contributed by atoms with Crippen molar-refractivity contribution in [3.63, 3.8) is 0 Å². The Morgan fingerprint density at radius 2 is 1.77 bits per heavy atom. The van der Waals surface area contributed by atoms with E-state index in [-0.39, 0.29) is 11.6 Å². The van der Waals surface area contributed by atoms with Crippen LogP contribution in [-0.2, 0) is 6.54 Å². The molecule has 0 saturated carbocycles. The number of benzene rings is 1. The maximum absolute atomic E-state index is 12.6. The van der Waals surface area contributed by atoms with Crippen molar-refractivity contribution in [2.45, 2.75) is 6.54 Å². The minimum atomic E-state index is -0.583. The van der Waals surface area contributed by atoms with Crippen LogP contribution in [0.25, 0.3) is 0 Å². The van der Waals surface area contributed by atoms with Crippen LogP contribution in [0.4, 0.5) is 4.79 Å². The first-order valence-corrected chi connectivity index (χ1v) is 8.98. The van der Waals surface area contributed by atoms with Crippen LogP contribution in [0.3, 0.4) is 0 Å². The number of hydrogen-bond donors (Lipinski definition) is 1. The maximum Gasteiger partial charge on any atom is 0.344 e. The number of halogens is 1. The van der Waals surface area contributed by atoms with Crippen LogP contribution in [0, 0.1) is 11.8 Å². The summed E-state index contributed by atoms with van der Waals surface area (Å²) < 4.78 is 1.20. The molecule has 26 heavy (non-hydrogen) atoms. The third-order valence-electron chi connectivity index (χ3n) is 5.21. The van der Waals surface area contributed by atoms with Crippen molar-refractivity contribution in [2.24, 2.45) is 17.6 Å². The lowest BCUT2D eigenvalue weighted by atomic mass is 10.0. The Labute approximate surface area is 156 Å². The average Bonchev–Trinajstić information content (AvgIpc) is 3.30. The van der Waals surface area contributed by atoms with Gasteiger partial charge in [0.1, 0.15) is 0 Å². The fourth-order valence-electron chi connectivity index (χ4n) is 3.92. The van der Waals surface area contributed by atoms with E-state index in [0.717, 1.165) is 24.7 Å². The number of nitrogens with zero attached hydrogens (tertiary/aromatic N) is 4. The van der Waals surface area contributed by atoms with Crippen molar-refractivity contribution in [1.29, 1.82) is 0 Å². The van der Waals surface area contributed by atoms with Gasteiger partial charge in [0, 0.05) is 43.9 Å². The number of hydrogen-bond acceptors (Lipinski definition) is 4. The molecule has 3 heterocycles. The van der Waals surface area contributed by atoms with Crippen molar-refractivity contribution in [1.82, 2.24) is 19.6 Å². The number of aromatic nitrogens is 2. The van der Waals surface area contributed by atoms with Gasteiger partial charge in [-0.1, -0.05) is 23.7 Å². The molecule has 8 heteroatoms. The molecule has 2 N–H and O–H groups in total. The zero-order valence-electron chi connectivity index (χ0n) is 14.2. The highest BCUT2D eigenvalue weighted by atomic mass is 35.5. The molecule has 0 aliphatic carbocycles. The van der Waals surface area contributed by atoms with Gasteiger partial charge >= 0.3 is 6.03 Å². The molecule has 2 aliphatic heterocycles. The minimum absolute atomic E-state index is 0.198. The molecule has 0 bridgehead atoms. The summed E-state index contributed by atoms with van der Waals surface area (Å²) in [6.45, 7) is 4.28. The van der Waals surface area contributed by atoms with Gasteiger partial charge < -0.3 is 10.6 Å². The average molecular weight is 374 g/mol. The van der Waals surface area contributed by atoms with E-state index < -0.39 is 5.91 Å². The summed E-state index contributed by atoms with van der Waals surface area (Å²) in [5.74, 6) is 0.357. The molecule has 0 radical (unpaired) electrons. The molecular formula is C18H20ClN5O2. The lowest BCUT2D eigenvalue weighted by Crippen LogP contribution is -2.36. The topological polar surface area (TPSA) is 84.5 Å². The molecular weight excluding hydrogens is 354 g/mol. The van der Waals surface area contributed by atoms with Crippen LogP contribution in [0.5, 0.6) is 0 Å². The second-order valence-electron chi connectivity index (χ2n) is 7.07. The van der Waals surface area contributed by atoms with Crippen LogP contribution in [0.1, 0.15) is 15.9 Å². The molecule has 4 rings (SSSR count). The number of carbonyl (C=O) groups is 2. The molecule has 136 valence electrons. The summed E-state index contributed by atoms with van der Waals surface area (Å²) in [6.07, 6.45) is 2.72. The quantitative estimate of drug-likeness (QED) is 0.886. The smallest absolute Gasteiger partial charge is 0.344 e. The Hall–Kier alpha value is -2.38. The zero-order valence-corrected chi connectivity index (χ0v) is 15.0. The summed E-state index contributed by atoms with van der Waals surface area (Å²) in [5.41, 5.74) is 6.70. The largest absolute Gasteiger partial charge is 0.366 e. The standard InChI is InChI=1S/C18H20ClN5O2/c19-16-3-1-12(2-4-16)6-22-7-14-9-23(10-15(14)8-22)18(26)24-11-13(5-21-24)17(20)25/h1-5,11,14-15H,6-10H2,(H2,20,25). The van der Waals surface area contributed by atoms with Crippen LogP contribution >= 0.6 is 11.6 Å². The van der Waals surface area contributed by atoms with Gasteiger partial charge in [-0.3, -0.25) is 9.69 Å². The third kappa shape index (κ3) is 3.32. The maximum atomic E-state index is 12.6. The first-order valence-electron chi connectivity index (χ1n) is 8.60. The van der Waals surface area contributed by atoms with Crippen molar-refractivity contribution >= 4 is 23.5 Å². The van der Waals surface area contributed by atoms with Crippen LogP contribution in [0.15, 0.2) is 36.7 Å². The molecule has 0 spiro atoms. The Kier molecular flexibility index (Phi) is 4.42. The van der Waals surface area contributed by atoms with Crippen LogP contribution < -0.4 is 5.73 Å². The normalized spacial score (nSPS) is 22.6. The number of rotatable bonds is 3. The van der Waals surface area contributed by atoms with Gasteiger partial charge in [0.15, 0.2) is 0 Å². The molecule has 1 aromatic heterocycles. The Bertz CT molecular complexity index is 820. The number of amides is 2. The summed E-state index contributed by atoms with van der Waals surface area (Å²) >= 11 is 5.94. The second-order valence-corrected chi connectivity index (χ2v) is 7.50. The van der Waals surface area contributed by atoms with E-state index in [1.165, 1.54) is 22.6 Å². The van der Waals surface area contributed by atoms with Crippen LogP contribution in [0.2, 0.25) is 5.02 Å². The van der Waals surface area contributed by atoms with Crippen molar-refractivity contribution < 1.29 is 9.59 Å². The van der Waals surface area contributed by atoms with Gasteiger partial charge in [0.2, 0.25) is 0 Å². The first kappa shape index (κ1) is 17.1. The Morgan fingerprint density at radius 3 is 2.35 bits per heavy atom. The minimum Gasteiger partial charge on any atom is -0.366 e. The molecule has 1 aromatic carbocycles. The van der Waals surface area contributed by atoms with E-state index in [0.29, 0.717) is 24.9 Å². The number of carbonyl (C=O) groups excluding carboxylic acids is 2. The summed E-state index contributed by atoms with van der Waals surface area (Å²) in [5, 5.41) is 4.71. The highest BCUT2D eigenvalue weighted by Crippen LogP contribution is 2.32.